The number of benzene rings is 2. The van der Waals surface area contributed by atoms with Gasteiger partial charge in [-0.25, -0.2) is 0 Å². The summed E-state index contributed by atoms with van der Waals surface area (Å²) >= 11 is 11.9. The van der Waals surface area contributed by atoms with Crippen LogP contribution in [0.25, 0.3) is 0 Å². The van der Waals surface area contributed by atoms with E-state index in [0.29, 0.717) is 26.3 Å². The summed E-state index contributed by atoms with van der Waals surface area (Å²) in [6, 6.07) is 12.0. The quantitative estimate of drug-likeness (QED) is 0.879. The zero-order valence-corrected chi connectivity index (χ0v) is 14.3. The Balaban J connectivity index is 2.15. The van der Waals surface area contributed by atoms with Crippen molar-refractivity contribution in [1.29, 1.82) is 0 Å². The van der Waals surface area contributed by atoms with E-state index in [1.165, 1.54) is 0 Å². The highest BCUT2D eigenvalue weighted by Crippen LogP contribution is 2.21. The molecular formula is C16H15Cl2NO2S. The van der Waals surface area contributed by atoms with Crippen LogP contribution in [0.3, 0.4) is 0 Å². The first kappa shape index (κ1) is 17.0. The van der Waals surface area contributed by atoms with Crippen LogP contribution < -0.4 is 5.32 Å². The van der Waals surface area contributed by atoms with Gasteiger partial charge in [0.2, 0.25) is 0 Å². The summed E-state index contributed by atoms with van der Waals surface area (Å²) in [6.07, 6.45) is 0. The standard InChI is InChI=1S/C16H15Cl2NO2S/c1-2-22(21)15-6-4-3-5-13(15)16(20)19-10-11-7-8-12(17)9-14(11)18/h3-9H,2,10H2,1H3,(H,19,20). The van der Waals surface area contributed by atoms with E-state index in [9.17, 15) is 9.00 Å². The van der Waals surface area contributed by atoms with E-state index in [4.69, 9.17) is 23.2 Å². The Morgan fingerprint density at radius 1 is 1.18 bits per heavy atom. The Hall–Kier alpha value is -1.36. The van der Waals surface area contributed by atoms with Gasteiger partial charge in [-0.2, -0.15) is 0 Å². The van der Waals surface area contributed by atoms with E-state index >= 15 is 0 Å². The van der Waals surface area contributed by atoms with Crippen LogP contribution in [-0.4, -0.2) is 15.9 Å². The topological polar surface area (TPSA) is 46.2 Å². The predicted molar refractivity (Wildman–Crippen MR) is 91.0 cm³/mol. The molecule has 1 N–H and O–H groups in total. The van der Waals surface area contributed by atoms with Gasteiger partial charge in [0.25, 0.3) is 5.91 Å². The molecule has 0 aliphatic heterocycles. The molecule has 2 aromatic rings. The minimum absolute atomic E-state index is 0.275. The Morgan fingerprint density at radius 2 is 1.91 bits per heavy atom. The maximum atomic E-state index is 12.3. The van der Waals surface area contributed by atoms with Crippen molar-refractivity contribution in [2.24, 2.45) is 0 Å². The average molecular weight is 356 g/mol. The lowest BCUT2D eigenvalue weighted by Gasteiger charge is -2.10. The van der Waals surface area contributed by atoms with Gasteiger partial charge in [0, 0.05) is 22.3 Å². The van der Waals surface area contributed by atoms with Crippen molar-refractivity contribution < 1.29 is 9.00 Å². The molecule has 0 fully saturated rings. The third kappa shape index (κ3) is 4.09. The van der Waals surface area contributed by atoms with Crippen LogP contribution in [0.4, 0.5) is 0 Å². The highest BCUT2D eigenvalue weighted by Gasteiger charge is 2.14. The summed E-state index contributed by atoms with van der Waals surface area (Å²) in [6.45, 7) is 2.10. The number of nitrogens with one attached hydrogen (secondary N) is 1. The Kier molecular flexibility index (Phi) is 6.00. The molecular weight excluding hydrogens is 341 g/mol. The van der Waals surface area contributed by atoms with Gasteiger partial charge in [-0.3, -0.25) is 9.00 Å². The van der Waals surface area contributed by atoms with Gasteiger partial charge in [-0.05, 0) is 29.8 Å². The SMILES string of the molecule is CCS(=O)c1ccccc1C(=O)NCc1ccc(Cl)cc1Cl. The second-order valence-corrected chi connectivity index (χ2v) is 7.10. The first-order valence-corrected chi connectivity index (χ1v) is 8.80. The highest BCUT2D eigenvalue weighted by atomic mass is 35.5. The summed E-state index contributed by atoms with van der Waals surface area (Å²) in [4.78, 5) is 12.9. The maximum absolute atomic E-state index is 12.3. The lowest BCUT2D eigenvalue weighted by Crippen LogP contribution is -2.24. The fourth-order valence-corrected chi connectivity index (χ4v) is 3.37. The monoisotopic (exact) mass is 355 g/mol. The van der Waals surface area contributed by atoms with Gasteiger partial charge in [-0.15, -0.1) is 0 Å². The van der Waals surface area contributed by atoms with Crippen LogP contribution in [0.5, 0.6) is 0 Å². The van der Waals surface area contributed by atoms with E-state index in [1.807, 2.05) is 6.92 Å². The summed E-state index contributed by atoms with van der Waals surface area (Å²) in [5.41, 5.74) is 1.20. The number of hydrogen-bond donors (Lipinski definition) is 1. The molecule has 0 heterocycles. The third-order valence-corrected chi connectivity index (χ3v) is 5.05. The maximum Gasteiger partial charge on any atom is 0.252 e. The minimum atomic E-state index is -1.18. The van der Waals surface area contributed by atoms with Crippen LogP contribution in [0.2, 0.25) is 10.0 Å². The number of halogens is 2. The molecule has 0 radical (unpaired) electrons. The number of hydrogen-bond acceptors (Lipinski definition) is 2. The first-order valence-electron chi connectivity index (χ1n) is 6.72. The molecule has 6 heteroatoms. The Bertz CT molecular complexity index is 719. The first-order chi connectivity index (χ1) is 10.5. The van der Waals surface area contributed by atoms with Crippen LogP contribution in [0.1, 0.15) is 22.8 Å². The molecule has 0 bridgehead atoms. The van der Waals surface area contributed by atoms with Crippen molar-refractivity contribution in [2.75, 3.05) is 5.75 Å². The second-order valence-electron chi connectivity index (χ2n) is 4.55. The lowest BCUT2D eigenvalue weighted by molar-refractivity contribution is 0.0948. The normalized spacial score (nSPS) is 12.0. The van der Waals surface area contributed by atoms with Crippen LogP contribution in [0, 0.1) is 0 Å². The molecule has 2 rings (SSSR count). The van der Waals surface area contributed by atoms with E-state index in [-0.39, 0.29) is 12.5 Å². The van der Waals surface area contributed by atoms with Gasteiger partial charge < -0.3 is 5.32 Å². The van der Waals surface area contributed by atoms with Crippen LogP contribution >= 0.6 is 23.2 Å². The summed E-state index contributed by atoms with van der Waals surface area (Å²) in [7, 11) is -1.18. The van der Waals surface area contributed by atoms with Crippen molar-refractivity contribution in [3.63, 3.8) is 0 Å². The van der Waals surface area contributed by atoms with Crippen molar-refractivity contribution in [3.05, 3.63) is 63.6 Å². The molecule has 2 aromatic carbocycles. The molecule has 116 valence electrons. The van der Waals surface area contributed by atoms with Gasteiger partial charge in [0.1, 0.15) is 0 Å². The van der Waals surface area contributed by atoms with Gasteiger partial charge in [0.05, 0.1) is 21.3 Å². The van der Waals surface area contributed by atoms with Crippen molar-refractivity contribution in [3.8, 4) is 0 Å². The summed E-state index contributed by atoms with van der Waals surface area (Å²) in [5, 5.41) is 3.84. The molecule has 0 aliphatic rings. The van der Waals surface area contributed by atoms with E-state index in [1.54, 1.807) is 42.5 Å². The smallest absolute Gasteiger partial charge is 0.252 e. The third-order valence-electron chi connectivity index (χ3n) is 3.09. The number of carbonyl (C=O) groups is 1. The fourth-order valence-electron chi connectivity index (χ4n) is 1.94. The second kappa shape index (κ2) is 7.77. The van der Waals surface area contributed by atoms with Gasteiger partial charge in [0.15, 0.2) is 0 Å². The average Bonchev–Trinajstić information content (AvgIpc) is 2.53. The van der Waals surface area contributed by atoms with E-state index < -0.39 is 10.8 Å². The highest BCUT2D eigenvalue weighted by molar-refractivity contribution is 7.85. The molecule has 1 amide bonds. The number of amides is 1. The summed E-state index contributed by atoms with van der Waals surface area (Å²) < 4.78 is 12.0. The van der Waals surface area contributed by atoms with Crippen molar-refractivity contribution >= 4 is 39.9 Å². The molecule has 0 saturated carbocycles. The van der Waals surface area contributed by atoms with Crippen molar-refractivity contribution in [2.45, 2.75) is 18.4 Å². The van der Waals surface area contributed by atoms with Crippen LogP contribution in [-0.2, 0) is 17.3 Å². The predicted octanol–water partition coefficient (Wildman–Crippen LogP) is 4.05. The fraction of sp³-hybridized carbons (Fsp3) is 0.188. The molecule has 3 nitrogen and oxygen atoms in total. The zero-order valence-electron chi connectivity index (χ0n) is 11.9. The summed E-state index contributed by atoms with van der Waals surface area (Å²) in [5.74, 6) is 0.191. The number of carbonyl (C=O) groups excluding carboxylic acids is 1. The minimum Gasteiger partial charge on any atom is -0.348 e. The van der Waals surface area contributed by atoms with E-state index in [0.717, 1.165) is 5.56 Å². The molecule has 1 unspecified atom stereocenters. The van der Waals surface area contributed by atoms with Gasteiger partial charge >= 0.3 is 0 Å². The molecule has 0 aromatic heterocycles. The molecule has 0 spiro atoms. The largest absolute Gasteiger partial charge is 0.348 e. The zero-order chi connectivity index (χ0) is 16.1. The Morgan fingerprint density at radius 3 is 2.59 bits per heavy atom. The Labute approximate surface area is 142 Å². The molecule has 0 aliphatic carbocycles. The van der Waals surface area contributed by atoms with Crippen LogP contribution in [0.15, 0.2) is 47.4 Å². The van der Waals surface area contributed by atoms with E-state index in [2.05, 4.69) is 5.32 Å². The molecule has 1 atom stereocenters. The van der Waals surface area contributed by atoms with Gasteiger partial charge in [-0.1, -0.05) is 48.3 Å². The molecule has 0 saturated heterocycles. The molecule has 22 heavy (non-hydrogen) atoms. The van der Waals surface area contributed by atoms with Crippen molar-refractivity contribution in [1.82, 2.24) is 5.32 Å². The number of rotatable bonds is 5. The lowest BCUT2D eigenvalue weighted by atomic mass is 10.2.